The summed E-state index contributed by atoms with van der Waals surface area (Å²) in [6, 6.07) is 3.55. The molecule has 4 heteroatoms. The fourth-order valence-electron chi connectivity index (χ4n) is 0.884. The van der Waals surface area contributed by atoms with Crippen LogP contribution >= 0.6 is 0 Å². The van der Waals surface area contributed by atoms with Crippen LogP contribution in [0.1, 0.15) is 23.8 Å². The third-order valence-electron chi connectivity index (χ3n) is 1.58. The molecule has 0 aliphatic heterocycles. The molecule has 0 aliphatic rings. The van der Waals surface area contributed by atoms with E-state index in [0.717, 1.165) is 0 Å². The van der Waals surface area contributed by atoms with Gasteiger partial charge in [0.05, 0.1) is 12.0 Å². The zero-order valence-corrected chi connectivity index (χ0v) is 7.27. The number of carbonyl (C=O) groups is 1. The Morgan fingerprint density at radius 2 is 2.54 bits per heavy atom. The van der Waals surface area contributed by atoms with Gasteiger partial charge in [-0.25, -0.2) is 9.97 Å². The minimum absolute atomic E-state index is 0.114. The SMILES string of the molecule is CC(C#N)CC(=O)c1ccncn1. The van der Waals surface area contributed by atoms with E-state index in [9.17, 15) is 4.79 Å². The van der Waals surface area contributed by atoms with Crippen LogP contribution in [0.2, 0.25) is 0 Å². The summed E-state index contributed by atoms with van der Waals surface area (Å²) in [7, 11) is 0. The molecule has 1 unspecified atom stereocenters. The van der Waals surface area contributed by atoms with Crippen LogP contribution in [0.3, 0.4) is 0 Å². The van der Waals surface area contributed by atoms with Crippen molar-refractivity contribution in [2.24, 2.45) is 5.92 Å². The molecule has 66 valence electrons. The summed E-state index contributed by atoms with van der Waals surface area (Å²) in [5.41, 5.74) is 0.372. The van der Waals surface area contributed by atoms with Crippen LogP contribution in [-0.4, -0.2) is 15.8 Å². The molecule has 4 nitrogen and oxygen atoms in total. The summed E-state index contributed by atoms with van der Waals surface area (Å²) in [5.74, 6) is -0.376. The summed E-state index contributed by atoms with van der Waals surface area (Å²) in [5, 5.41) is 8.50. The molecule has 0 N–H and O–H groups in total. The average molecular weight is 175 g/mol. The maximum absolute atomic E-state index is 11.4. The number of carbonyl (C=O) groups excluding carboxylic acids is 1. The van der Waals surface area contributed by atoms with Gasteiger partial charge in [0.1, 0.15) is 12.0 Å². The molecule has 1 atom stereocenters. The van der Waals surface area contributed by atoms with Gasteiger partial charge in [-0.3, -0.25) is 4.79 Å². The fourth-order valence-corrected chi connectivity index (χ4v) is 0.884. The molecule has 1 aromatic heterocycles. The molecule has 1 heterocycles. The van der Waals surface area contributed by atoms with Crippen LogP contribution in [-0.2, 0) is 0 Å². The lowest BCUT2D eigenvalue weighted by atomic mass is 10.0. The second-order valence-corrected chi connectivity index (χ2v) is 2.75. The monoisotopic (exact) mass is 175 g/mol. The number of nitrogens with zero attached hydrogens (tertiary/aromatic N) is 3. The number of rotatable bonds is 3. The molecule has 1 rings (SSSR count). The molecule has 0 bridgehead atoms. The summed E-state index contributed by atoms with van der Waals surface area (Å²) < 4.78 is 0. The van der Waals surface area contributed by atoms with Crippen LogP contribution in [0, 0.1) is 17.2 Å². The number of hydrogen-bond donors (Lipinski definition) is 0. The van der Waals surface area contributed by atoms with Crippen molar-refractivity contribution in [2.45, 2.75) is 13.3 Å². The Kier molecular flexibility index (Phi) is 3.09. The highest BCUT2D eigenvalue weighted by Crippen LogP contribution is 2.05. The molecule has 0 spiro atoms. The van der Waals surface area contributed by atoms with Gasteiger partial charge in [0.15, 0.2) is 5.78 Å². The van der Waals surface area contributed by atoms with Gasteiger partial charge < -0.3 is 0 Å². The molecule has 0 saturated carbocycles. The molecule has 0 aliphatic carbocycles. The van der Waals surface area contributed by atoms with Crippen molar-refractivity contribution >= 4 is 5.78 Å². The van der Waals surface area contributed by atoms with E-state index in [2.05, 4.69) is 9.97 Å². The first-order valence-corrected chi connectivity index (χ1v) is 3.93. The fraction of sp³-hybridized carbons (Fsp3) is 0.333. The van der Waals surface area contributed by atoms with Crippen molar-refractivity contribution in [3.8, 4) is 6.07 Å². The average Bonchev–Trinajstić information content (AvgIpc) is 2.19. The number of aromatic nitrogens is 2. The van der Waals surface area contributed by atoms with Crippen LogP contribution in [0.15, 0.2) is 18.6 Å². The molecular formula is C9H9N3O. The topological polar surface area (TPSA) is 66.6 Å². The third-order valence-corrected chi connectivity index (χ3v) is 1.58. The predicted molar refractivity (Wildman–Crippen MR) is 45.8 cm³/mol. The maximum Gasteiger partial charge on any atom is 0.182 e. The molecule has 0 amide bonds. The quantitative estimate of drug-likeness (QED) is 0.647. The highest BCUT2D eigenvalue weighted by Gasteiger charge is 2.10. The Balaban J connectivity index is 2.66. The Morgan fingerprint density at radius 1 is 1.77 bits per heavy atom. The van der Waals surface area contributed by atoms with Gasteiger partial charge in [0.25, 0.3) is 0 Å². The van der Waals surface area contributed by atoms with Crippen LogP contribution in [0.5, 0.6) is 0 Å². The van der Waals surface area contributed by atoms with Gasteiger partial charge in [-0.1, -0.05) is 0 Å². The first-order valence-electron chi connectivity index (χ1n) is 3.93. The van der Waals surface area contributed by atoms with Gasteiger partial charge in [-0.05, 0) is 13.0 Å². The summed E-state index contributed by atoms with van der Waals surface area (Å²) >= 11 is 0. The second kappa shape index (κ2) is 4.31. The van der Waals surface area contributed by atoms with E-state index in [1.807, 2.05) is 6.07 Å². The van der Waals surface area contributed by atoms with E-state index < -0.39 is 0 Å². The number of hydrogen-bond acceptors (Lipinski definition) is 4. The summed E-state index contributed by atoms with van der Waals surface area (Å²) in [4.78, 5) is 18.9. The minimum atomic E-state index is -0.262. The van der Waals surface area contributed by atoms with E-state index in [-0.39, 0.29) is 18.1 Å². The smallest absolute Gasteiger partial charge is 0.182 e. The van der Waals surface area contributed by atoms with E-state index in [4.69, 9.17) is 5.26 Å². The van der Waals surface area contributed by atoms with Gasteiger partial charge in [0, 0.05) is 12.6 Å². The van der Waals surface area contributed by atoms with Crippen molar-refractivity contribution in [3.63, 3.8) is 0 Å². The van der Waals surface area contributed by atoms with Crippen molar-refractivity contribution < 1.29 is 4.79 Å². The van der Waals surface area contributed by atoms with Gasteiger partial charge in [-0.2, -0.15) is 5.26 Å². The van der Waals surface area contributed by atoms with Gasteiger partial charge >= 0.3 is 0 Å². The molecule has 0 aromatic carbocycles. The van der Waals surface area contributed by atoms with E-state index in [0.29, 0.717) is 5.69 Å². The molecule has 0 saturated heterocycles. The standard InChI is InChI=1S/C9H9N3O/c1-7(5-10)4-9(13)8-2-3-11-6-12-8/h2-3,6-7H,4H2,1H3. The van der Waals surface area contributed by atoms with Crippen molar-refractivity contribution in [2.75, 3.05) is 0 Å². The Hall–Kier alpha value is -1.76. The predicted octanol–water partition coefficient (Wildman–Crippen LogP) is 1.21. The van der Waals surface area contributed by atoms with Crippen LogP contribution in [0.25, 0.3) is 0 Å². The van der Waals surface area contributed by atoms with E-state index in [1.165, 1.54) is 12.5 Å². The van der Waals surface area contributed by atoms with Gasteiger partial charge in [-0.15, -0.1) is 0 Å². The number of Topliss-reactive ketones (excluding diaryl/α,β-unsaturated/α-hetero) is 1. The normalized spacial score (nSPS) is 11.7. The Morgan fingerprint density at radius 3 is 3.08 bits per heavy atom. The molecule has 0 fully saturated rings. The lowest BCUT2D eigenvalue weighted by molar-refractivity contribution is 0.0967. The van der Waals surface area contributed by atoms with Crippen molar-refractivity contribution in [1.29, 1.82) is 5.26 Å². The highest BCUT2D eigenvalue weighted by molar-refractivity contribution is 5.94. The first kappa shape index (κ1) is 9.33. The van der Waals surface area contributed by atoms with Crippen LogP contribution in [0.4, 0.5) is 0 Å². The molecule has 0 radical (unpaired) electrons. The molecule has 1 aromatic rings. The van der Waals surface area contributed by atoms with Crippen molar-refractivity contribution in [1.82, 2.24) is 9.97 Å². The number of ketones is 1. The second-order valence-electron chi connectivity index (χ2n) is 2.75. The highest BCUT2D eigenvalue weighted by atomic mass is 16.1. The largest absolute Gasteiger partial charge is 0.292 e. The van der Waals surface area contributed by atoms with E-state index in [1.54, 1.807) is 13.0 Å². The maximum atomic E-state index is 11.4. The summed E-state index contributed by atoms with van der Waals surface area (Å²) in [6.07, 6.45) is 3.05. The van der Waals surface area contributed by atoms with Crippen LogP contribution < -0.4 is 0 Å². The number of nitriles is 1. The Bertz CT molecular complexity index is 328. The molecular weight excluding hydrogens is 166 g/mol. The Labute approximate surface area is 76.2 Å². The zero-order chi connectivity index (χ0) is 9.68. The lowest BCUT2D eigenvalue weighted by Gasteiger charge is -1.99. The lowest BCUT2D eigenvalue weighted by Crippen LogP contribution is -2.06. The first-order chi connectivity index (χ1) is 6.24. The van der Waals surface area contributed by atoms with Gasteiger partial charge in [0.2, 0.25) is 0 Å². The molecule has 13 heavy (non-hydrogen) atoms. The van der Waals surface area contributed by atoms with E-state index >= 15 is 0 Å². The minimum Gasteiger partial charge on any atom is -0.292 e. The third kappa shape index (κ3) is 2.64. The van der Waals surface area contributed by atoms with Crippen molar-refractivity contribution in [3.05, 3.63) is 24.3 Å². The summed E-state index contributed by atoms with van der Waals surface area (Å²) in [6.45, 7) is 1.71. The zero-order valence-electron chi connectivity index (χ0n) is 7.27.